The van der Waals surface area contributed by atoms with Crippen LogP contribution in [-0.2, 0) is 6.42 Å². The second-order valence-electron chi connectivity index (χ2n) is 5.12. The number of nitrogens with one attached hydrogen (secondary N) is 1. The summed E-state index contributed by atoms with van der Waals surface area (Å²) in [6.45, 7) is 7.41. The van der Waals surface area contributed by atoms with Crippen LogP contribution >= 0.6 is 0 Å². The largest absolute Gasteiger partial charge is 0.339 e. The summed E-state index contributed by atoms with van der Waals surface area (Å²) in [6, 6.07) is 4.37. The fraction of sp³-hybridized carbons (Fsp3) is 0.533. The van der Waals surface area contributed by atoms with Crippen molar-refractivity contribution in [1.29, 1.82) is 0 Å². The summed E-state index contributed by atoms with van der Waals surface area (Å²) in [5.41, 5.74) is 1.90. The molecule has 5 heteroatoms. The van der Waals surface area contributed by atoms with E-state index in [0.29, 0.717) is 17.8 Å². The Hall–Kier alpha value is -1.75. The molecular weight excluding hydrogens is 252 g/mol. The molecule has 108 valence electrons. The first-order chi connectivity index (χ1) is 9.69. The molecule has 20 heavy (non-hydrogen) atoms. The van der Waals surface area contributed by atoms with E-state index in [9.17, 15) is 0 Å². The topological polar surface area (TPSA) is 63.8 Å². The van der Waals surface area contributed by atoms with Crippen LogP contribution in [-0.4, -0.2) is 27.7 Å². The van der Waals surface area contributed by atoms with E-state index in [0.717, 1.165) is 37.1 Å². The molecule has 2 heterocycles. The van der Waals surface area contributed by atoms with Crippen molar-refractivity contribution in [3.63, 3.8) is 0 Å². The third-order valence-corrected chi connectivity index (χ3v) is 3.15. The summed E-state index contributed by atoms with van der Waals surface area (Å²) in [5.74, 6) is 1.24. The van der Waals surface area contributed by atoms with Gasteiger partial charge in [0.05, 0.1) is 0 Å². The van der Waals surface area contributed by atoms with Crippen LogP contribution in [0.5, 0.6) is 0 Å². The third-order valence-electron chi connectivity index (χ3n) is 3.15. The Balaban J connectivity index is 1.92. The van der Waals surface area contributed by atoms with Crippen molar-refractivity contribution in [3.05, 3.63) is 29.8 Å². The highest BCUT2D eigenvalue weighted by Crippen LogP contribution is 2.14. The Morgan fingerprint density at radius 2 is 2.25 bits per heavy atom. The maximum absolute atomic E-state index is 5.28. The molecule has 0 radical (unpaired) electrons. The van der Waals surface area contributed by atoms with Gasteiger partial charge >= 0.3 is 0 Å². The zero-order valence-electron chi connectivity index (χ0n) is 12.4. The second kappa shape index (κ2) is 7.14. The number of hydrogen-bond donors (Lipinski definition) is 1. The quantitative estimate of drug-likeness (QED) is 0.841. The van der Waals surface area contributed by atoms with Crippen LogP contribution in [0.1, 0.15) is 38.1 Å². The number of pyridine rings is 1. The number of aryl methyl sites for hydroxylation is 2. The maximum atomic E-state index is 5.28. The number of aromatic nitrogens is 3. The molecule has 2 rings (SSSR count). The standard InChI is InChI=1S/C15H22N4O/c1-4-8-16-12(3)5-6-14-18-15(19-20-14)13-10-11(2)7-9-17-13/h7,9-10,12,16H,4-6,8H2,1-3H3. The van der Waals surface area contributed by atoms with Gasteiger partial charge in [-0.1, -0.05) is 12.1 Å². The van der Waals surface area contributed by atoms with E-state index in [1.165, 1.54) is 0 Å². The molecule has 1 atom stereocenters. The van der Waals surface area contributed by atoms with Crippen molar-refractivity contribution >= 4 is 0 Å². The molecule has 0 spiro atoms. The van der Waals surface area contributed by atoms with Gasteiger partial charge in [-0.2, -0.15) is 4.98 Å². The number of nitrogens with zero attached hydrogens (tertiary/aromatic N) is 3. The van der Waals surface area contributed by atoms with E-state index in [2.05, 4.69) is 34.3 Å². The highest BCUT2D eigenvalue weighted by atomic mass is 16.5. The van der Waals surface area contributed by atoms with Gasteiger partial charge < -0.3 is 9.84 Å². The average Bonchev–Trinajstić information content (AvgIpc) is 2.92. The summed E-state index contributed by atoms with van der Waals surface area (Å²) < 4.78 is 5.28. The molecule has 1 N–H and O–H groups in total. The summed E-state index contributed by atoms with van der Waals surface area (Å²) in [5, 5.41) is 7.44. The Morgan fingerprint density at radius 1 is 1.40 bits per heavy atom. The van der Waals surface area contributed by atoms with E-state index < -0.39 is 0 Å². The first-order valence-corrected chi connectivity index (χ1v) is 7.18. The maximum Gasteiger partial charge on any atom is 0.227 e. The lowest BCUT2D eigenvalue weighted by Crippen LogP contribution is -2.27. The Labute approximate surface area is 119 Å². The van der Waals surface area contributed by atoms with Crippen molar-refractivity contribution in [3.8, 4) is 11.5 Å². The number of hydrogen-bond acceptors (Lipinski definition) is 5. The van der Waals surface area contributed by atoms with Gasteiger partial charge in [0.25, 0.3) is 0 Å². The fourth-order valence-electron chi connectivity index (χ4n) is 1.95. The summed E-state index contributed by atoms with van der Waals surface area (Å²) in [4.78, 5) is 8.67. The Morgan fingerprint density at radius 3 is 3.00 bits per heavy atom. The third kappa shape index (κ3) is 4.13. The molecule has 1 unspecified atom stereocenters. The van der Waals surface area contributed by atoms with Gasteiger partial charge in [-0.05, 0) is 50.9 Å². The fourth-order valence-corrected chi connectivity index (χ4v) is 1.95. The molecule has 2 aromatic rings. The lowest BCUT2D eigenvalue weighted by Gasteiger charge is -2.10. The summed E-state index contributed by atoms with van der Waals surface area (Å²) in [6.07, 6.45) is 4.69. The van der Waals surface area contributed by atoms with E-state index in [1.54, 1.807) is 6.20 Å². The Bertz CT molecular complexity index is 538. The van der Waals surface area contributed by atoms with Crippen LogP contribution in [0.3, 0.4) is 0 Å². The van der Waals surface area contributed by atoms with Crippen molar-refractivity contribution < 1.29 is 4.52 Å². The molecule has 0 bridgehead atoms. The first-order valence-electron chi connectivity index (χ1n) is 7.18. The van der Waals surface area contributed by atoms with Crippen molar-refractivity contribution in [1.82, 2.24) is 20.4 Å². The Kier molecular flexibility index (Phi) is 5.24. The molecule has 2 aromatic heterocycles. The minimum absolute atomic E-state index is 0.461. The van der Waals surface area contributed by atoms with Crippen LogP contribution in [0.15, 0.2) is 22.9 Å². The predicted octanol–water partition coefficient (Wildman–Crippen LogP) is 2.76. The van der Waals surface area contributed by atoms with Gasteiger partial charge in [0.1, 0.15) is 5.69 Å². The normalized spacial score (nSPS) is 12.6. The van der Waals surface area contributed by atoms with Crippen LogP contribution in [0.25, 0.3) is 11.5 Å². The molecule has 0 aliphatic heterocycles. The monoisotopic (exact) mass is 274 g/mol. The van der Waals surface area contributed by atoms with E-state index in [1.807, 2.05) is 19.1 Å². The van der Waals surface area contributed by atoms with Gasteiger partial charge in [-0.25, -0.2) is 0 Å². The van der Waals surface area contributed by atoms with Gasteiger partial charge in [0, 0.05) is 18.7 Å². The molecule has 0 aromatic carbocycles. The molecule has 5 nitrogen and oxygen atoms in total. The first kappa shape index (κ1) is 14.7. The molecule has 0 amide bonds. The minimum atomic E-state index is 0.461. The highest BCUT2D eigenvalue weighted by molar-refractivity contribution is 5.48. The van der Waals surface area contributed by atoms with Gasteiger partial charge in [-0.15, -0.1) is 0 Å². The summed E-state index contributed by atoms with van der Waals surface area (Å²) >= 11 is 0. The van der Waals surface area contributed by atoms with Crippen molar-refractivity contribution in [2.75, 3.05) is 6.54 Å². The van der Waals surface area contributed by atoms with Gasteiger partial charge in [-0.3, -0.25) is 4.98 Å². The zero-order valence-corrected chi connectivity index (χ0v) is 12.4. The minimum Gasteiger partial charge on any atom is -0.339 e. The second-order valence-corrected chi connectivity index (χ2v) is 5.12. The van der Waals surface area contributed by atoms with Gasteiger partial charge in [0.15, 0.2) is 0 Å². The zero-order chi connectivity index (χ0) is 14.4. The predicted molar refractivity (Wildman–Crippen MR) is 78.3 cm³/mol. The molecule has 0 aliphatic carbocycles. The lowest BCUT2D eigenvalue weighted by molar-refractivity contribution is 0.367. The van der Waals surface area contributed by atoms with E-state index >= 15 is 0 Å². The van der Waals surface area contributed by atoms with Crippen LogP contribution < -0.4 is 5.32 Å². The van der Waals surface area contributed by atoms with Crippen molar-refractivity contribution in [2.45, 2.75) is 46.1 Å². The molecule has 0 saturated carbocycles. The number of rotatable bonds is 7. The average molecular weight is 274 g/mol. The van der Waals surface area contributed by atoms with E-state index in [4.69, 9.17) is 4.52 Å². The van der Waals surface area contributed by atoms with Crippen LogP contribution in [0.4, 0.5) is 0 Å². The highest BCUT2D eigenvalue weighted by Gasteiger charge is 2.11. The van der Waals surface area contributed by atoms with Crippen LogP contribution in [0.2, 0.25) is 0 Å². The SMILES string of the molecule is CCCNC(C)CCc1nc(-c2cc(C)ccn2)no1. The smallest absolute Gasteiger partial charge is 0.227 e. The summed E-state index contributed by atoms with van der Waals surface area (Å²) in [7, 11) is 0. The van der Waals surface area contributed by atoms with Gasteiger partial charge in [0.2, 0.25) is 11.7 Å². The molecule has 0 saturated heterocycles. The lowest BCUT2D eigenvalue weighted by atomic mass is 10.2. The van der Waals surface area contributed by atoms with Crippen molar-refractivity contribution in [2.24, 2.45) is 0 Å². The molecular formula is C15H22N4O. The molecule has 0 aliphatic rings. The van der Waals surface area contributed by atoms with Crippen LogP contribution in [0, 0.1) is 6.92 Å². The molecule has 0 fully saturated rings. The van der Waals surface area contributed by atoms with E-state index in [-0.39, 0.29) is 0 Å².